The highest BCUT2D eigenvalue weighted by Gasteiger charge is 2.22. The molecule has 1 saturated heterocycles. The van der Waals surface area contributed by atoms with Crippen LogP contribution in [0, 0.1) is 5.92 Å². The summed E-state index contributed by atoms with van der Waals surface area (Å²) in [5, 5.41) is 0. The van der Waals surface area contributed by atoms with Crippen LogP contribution in [-0.4, -0.2) is 30.4 Å². The lowest BCUT2D eigenvalue weighted by Crippen LogP contribution is -2.39. The van der Waals surface area contributed by atoms with Crippen molar-refractivity contribution in [1.82, 2.24) is 4.90 Å². The zero-order valence-electron chi connectivity index (χ0n) is 9.12. The molecule has 1 aliphatic rings. The van der Waals surface area contributed by atoms with Crippen molar-refractivity contribution in [2.45, 2.75) is 26.7 Å². The molecule has 1 rings (SSSR count). The molecule has 1 amide bonds. The summed E-state index contributed by atoms with van der Waals surface area (Å²) in [6.07, 6.45) is 3.98. The Labute approximate surface area is 86.0 Å². The number of likely N-dealkylation sites (tertiary alicyclic amines) is 1. The molecule has 1 fully saturated rings. The third-order valence-corrected chi connectivity index (χ3v) is 2.96. The van der Waals surface area contributed by atoms with Crippen molar-refractivity contribution in [1.29, 1.82) is 0 Å². The second-order valence-corrected chi connectivity index (χ2v) is 4.09. The van der Waals surface area contributed by atoms with Gasteiger partial charge >= 0.3 is 0 Å². The van der Waals surface area contributed by atoms with E-state index in [1.807, 2.05) is 0 Å². The Bertz CT molecular complexity index is 227. The Hall–Kier alpha value is -0.830. The molecule has 80 valence electrons. The van der Waals surface area contributed by atoms with E-state index in [0.29, 0.717) is 0 Å². The molecule has 0 unspecified atom stereocenters. The van der Waals surface area contributed by atoms with Crippen LogP contribution in [0.4, 0.5) is 0 Å². The quantitative estimate of drug-likeness (QED) is 0.688. The minimum Gasteiger partial charge on any atom is -0.369 e. The molecule has 0 atom stereocenters. The summed E-state index contributed by atoms with van der Waals surface area (Å²) in [5.41, 5.74) is 6.66. The highest BCUT2D eigenvalue weighted by molar-refractivity contribution is 5.76. The van der Waals surface area contributed by atoms with Gasteiger partial charge in [-0.2, -0.15) is 0 Å². The molecule has 0 saturated carbocycles. The van der Waals surface area contributed by atoms with Gasteiger partial charge in [-0.1, -0.05) is 11.6 Å². The Morgan fingerprint density at radius 1 is 1.50 bits per heavy atom. The molecule has 0 radical (unpaired) electrons. The number of hydrogen-bond donors (Lipinski definition) is 1. The van der Waals surface area contributed by atoms with Crippen LogP contribution in [0.2, 0.25) is 0 Å². The van der Waals surface area contributed by atoms with E-state index in [1.165, 1.54) is 5.57 Å². The zero-order chi connectivity index (χ0) is 10.6. The van der Waals surface area contributed by atoms with Gasteiger partial charge in [-0.05, 0) is 39.8 Å². The topological polar surface area (TPSA) is 46.3 Å². The first-order valence-corrected chi connectivity index (χ1v) is 5.27. The van der Waals surface area contributed by atoms with E-state index in [9.17, 15) is 4.79 Å². The lowest BCUT2D eigenvalue weighted by Gasteiger charge is -2.30. The van der Waals surface area contributed by atoms with Crippen molar-refractivity contribution in [3.8, 4) is 0 Å². The minimum absolute atomic E-state index is 0.108. The molecule has 0 aromatic rings. The van der Waals surface area contributed by atoms with Gasteiger partial charge in [0, 0.05) is 12.5 Å². The van der Waals surface area contributed by atoms with Gasteiger partial charge in [-0.15, -0.1) is 0 Å². The number of piperidine rings is 1. The molecule has 0 aromatic heterocycles. The third kappa shape index (κ3) is 3.14. The number of carbonyl (C=O) groups excluding carboxylic acids is 1. The first-order valence-electron chi connectivity index (χ1n) is 5.27. The maximum atomic E-state index is 10.9. The first kappa shape index (κ1) is 11.2. The Kier molecular flexibility index (Phi) is 4.14. The van der Waals surface area contributed by atoms with Crippen molar-refractivity contribution >= 4 is 5.91 Å². The fourth-order valence-corrected chi connectivity index (χ4v) is 1.82. The molecular weight excluding hydrogens is 176 g/mol. The highest BCUT2D eigenvalue weighted by atomic mass is 16.1. The second-order valence-electron chi connectivity index (χ2n) is 4.09. The van der Waals surface area contributed by atoms with Crippen LogP contribution in [0.25, 0.3) is 0 Å². The maximum Gasteiger partial charge on any atom is 0.220 e. The monoisotopic (exact) mass is 196 g/mol. The van der Waals surface area contributed by atoms with Crippen molar-refractivity contribution in [2.24, 2.45) is 11.7 Å². The molecule has 0 spiro atoms. The normalized spacial score (nSPS) is 21.1. The number of carbonyl (C=O) groups is 1. The van der Waals surface area contributed by atoms with Crippen molar-refractivity contribution < 1.29 is 4.79 Å². The van der Waals surface area contributed by atoms with E-state index in [0.717, 1.165) is 32.5 Å². The van der Waals surface area contributed by atoms with Gasteiger partial charge in [-0.3, -0.25) is 9.69 Å². The van der Waals surface area contributed by atoms with Gasteiger partial charge in [0.2, 0.25) is 5.91 Å². The molecule has 0 aromatic carbocycles. The Morgan fingerprint density at radius 3 is 2.50 bits per heavy atom. The average molecular weight is 196 g/mol. The molecule has 0 aliphatic carbocycles. The number of nitrogens with zero attached hydrogens (tertiary/aromatic N) is 1. The van der Waals surface area contributed by atoms with E-state index in [-0.39, 0.29) is 11.8 Å². The van der Waals surface area contributed by atoms with Crippen molar-refractivity contribution in [2.75, 3.05) is 19.6 Å². The van der Waals surface area contributed by atoms with Gasteiger partial charge in [-0.25, -0.2) is 0 Å². The summed E-state index contributed by atoms with van der Waals surface area (Å²) in [7, 11) is 0. The molecule has 1 aliphatic heterocycles. The Morgan fingerprint density at radius 2 is 2.07 bits per heavy atom. The van der Waals surface area contributed by atoms with Gasteiger partial charge in [0.15, 0.2) is 0 Å². The molecule has 3 nitrogen and oxygen atoms in total. The lowest BCUT2D eigenvalue weighted by molar-refractivity contribution is -0.123. The van der Waals surface area contributed by atoms with Gasteiger partial charge in [0.1, 0.15) is 0 Å². The lowest BCUT2D eigenvalue weighted by atomic mass is 9.96. The number of hydrogen-bond acceptors (Lipinski definition) is 2. The van der Waals surface area contributed by atoms with Crippen molar-refractivity contribution in [3.05, 3.63) is 11.6 Å². The van der Waals surface area contributed by atoms with Crippen LogP contribution in [0.3, 0.4) is 0 Å². The fourth-order valence-electron chi connectivity index (χ4n) is 1.82. The van der Waals surface area contributed by atoms with Crippen molar-refractivity contribution in [3.63, 3.8) is 0 Å². The van der Waals surface area contributed by atoms with Gasteiger partial charge < -0.3 is 5.73 Å². The summed E-state index contributed by atoms with van der Waals surface area (Å²) < 4.78 is 0. The summed E-state index contributed by atoms with van der Waals surface area (Å²) in [4.78, 5) is 13.3. The number of amides is 1. The molecule has 14 heavy (non-hydrogen) atoms. The number of allylic oxidation sites excluding steroid dienone is 1. The van der Waals surface area contributed by atoms with Gasteiger partial charge in [0.05, 0.1) is 0 Å². The van der Waals surface area contributed by atoms with E-state index >= 15 is 0 Å². The molecule has 2 N–H and O–H groups in total. The summed E-state index contributed by atoms with van der Waals surface area (Å²) in [6.45, 7) is 7.23. The molecule has 1 heterocycles. The van der Waals surface area contributed by atoms with Crippen LogP contribution in [0.1, 0.15) is 26.7 Å². The fraction of sp³-hybridized carbons (Fsp3) is 0.727. The molecule has 3 heteroatoms. The Balaban J connectivity index is 2.32. The highest BCUT2D eigenvalue weighted by Crippen LogP contribution is 2.17. The third-order valence-electron chi connectivity index (χ3n) is 2.96. The SMILES string of the molecule is CC=C(C)CN1CCC(C(N)=O)CC1. The first-order chi connectivity index (χ1) is 6.63. The van der Waals surface area contributed by atoms with E-state index < -0.39 is 0 Å². The van der Waals surface area contributed by atoms with E-state index in [1.54, 1.807) is 0 Å². The van der Waals surface area contributed by atoms with Crippen LogP contribution in [0.5, 0.6) is 0 Å². The second kappa shape index (κ2) is 5.15. The number of nitrogens with two attached hydrogens (primary N) is 1. The summed E-state index contributed by atoms with van der Waals surface area (Å²) in [5.74, 6) is -0.0235. The predicted molar refractivity (Wildman–Crippen MR) is 57.8 cm³/mol. The zero-order valence-corrected chi connectivity index (χ0v) is 9.12. The average Bonchev–Trinajstić information content (AvgIpc) is 2.18. The van der Waals surface area contributed by atoms with Crippen LogP contribution in [0.15, 0.2) is 11.6 Å². The minimum atomic E-state index is -0.132. The number of primary amides is 1. The molecular formula is C11H20N2O. The summed E-state index contributed by atoms with van der Waals surface area (Å²) >= 11 is 0. The summed E-state index contributed by atoms with van der Waals surface area (Å²) in [6, 6.07) is 0. The van der Waals surface area contributed by atoms with E-state index in [2.05, 4.69) is 24.8 Å². The van der Waals surface area contributed by atoms with Crippen LogP contribution < -0.4 is 5.73 Å². The maximum absolute atomic E-state index is 10.9. The predicted octanol–water partition coefficient (Wildman–Crippen LogP) is 1.15. The van der Waals surface area contributed by atoms with E-state index in [4.69, 9.17) is 5.73 Å². The molecule has 0 bridgehead atoms. The smallest absolute Gasteiger partial charge is 0.220 e. The number of rotatable bonds is 3. The van der Waals surface area contributed by atoms with Crippen LogP contribution >= 0.6 is 0 Å². The van der Waals surface area contributed by atoms with Crippen LogP contribution in [-0.2, 0) is 4.79 Å². The van der Waals surface area contributed by atoms with Gasteiger partial charge in [0.25, 0.3) is 0 Å². The largest absolute Gasteiger partial charge is 0.369 e. The standard InChI is InChI=1S/C11H20N2O/c1-3-9(2)8-13-6-4-10(5-7-13)11(12)14/h3,10H,4-8H2,1-2H3,(H2,12,14).